The quantitative estimate of drug-likeness (QED) is 0.0191. The molecule has 0 bridgehead atoms. The summed E-state index contributed by atoms with van der Waals surface area (Å²) in [6.45, 7) is 4.70. The van der Waals surface area contributed by atoms with Crippen molar-refractivity contribution < 1.29 is 37.6 Å². The average Bonchev–Trinajstić information content (AvgIpc) is 3.86. The largest absolute Gasteiger partial charge is 0.472 e. The molecule has 0 aromatic carbocycles. The number of phosphoric ester groups is 1. The molecule has 1 amide bonds. The molecule has 10 heteroatoms. The van der Waals surface area contributed by atoms with Gasteiger partial charge in [0.05, 0.1) is 52.1 Å². The minimum atomic E-state index is -4.36. The summed E-state index contributed by atoms with van der Waals surface area (Å²) < 4.78 is 29.3. The van der Waals surface area contributed by atoms with Crippen LogP contribution in [0, 0.1) is 0 Å². The zero-order chi connectivity index (χ0) is 39.0. The van der Waals surface area contributed by atoms with E-state index in [0.717, 1.165) is 44.9 Å². The number of carbonyl (C=O) groups is 1. The van der Waals surface area contributed by atoms with Crippen LogP contribution in [0.25, 0.3) is 0 Å². The Bertz CT molecular complexity index is 1070. The van der Waals surface area contributed by atoms with Gasteiger partial charge in [-0.2, -0.15) is 0 Å². The summed E-state index contributed by atoms with van der Waals surface area (Å²) in [5.41, 5.74) is 0. The summed E-state index contributed by atoms with van der Waals surface area (Å²) in [5, 5.41) is 13.8. The van der Waals surface area contributed by atoms with Crippen molar-refractivity contribution in [3.63, 3.8) is 0 Å². The maximum absolute atomic E-state index is 12.9. The Morgan fingerprint density at radius 2 is 1.25 bits per heavy atom. The van der Waals surface area contributed by atoms with Gasteiger partial charge in [0, 0.05) is 6.42 Å². The number of aliphatic hydroxyl groups excluding tert-OH is 1. The normalized spacial score (nSPS) is 18.8. The molecule has 0 radical (unpaired) electrons. The van der Waals surface area contributed by atoms with Crippen LogP contribution in [0.15, 0.2) is 48.6 Å². The van der Waals surface area contributed by atoms with Crippen LogP contribution in [0.4, 0.5) is 0 Å². The summed E-state index contributed by atoms with van der Waals surface area (Å²) in [5.74, 6) is -0.239. The Morgan fingerprint density at radius 1 is 0.736 bits per heavy atom. The summed E-state index contributed by atoms with van der Waals surface area (Å²) in [4.78, 5) is 23.1. The molecule has 308 valence electrons. The first-order valence-corrected chi connectivity index (χ1v) is 22.6. The van der Waals surface area contributed by atoms with Crippen LogP contribution < -0.4 is 5.32 Å². The van der Waals surface area contributed by atoms with E-state index in [1.54, 1.807) is 6.08 Å². The van der Waals surface area contributed by atoms with E-state index >= 15 is 0 Å². The SMILES string of the molecule is CCCCC/C=C\C/C=C\CC1OC1C/C=C\CCCC(=O)N[C@@H](COP(=O)(O)OCC[N+](C)(C)C)[C@H](O)/C=C/CCCCCCCCCCCCC. The summed E-state index contributed by atoms with van der Waals surface area (Å²) in [6, 6.07) is -0.881. The van der Waals surface area contributed by atoms with E-state index in [4.69, 9.17) is 13.8 Å². The Morgan fingerprint density at radius 3 is 1.89 bits per heavy atom. The van der Waals surface area contributed by atoms with Crippen LogP contribution in [0.2, 0.25) is 0 Å². The Hall–Kier alpha value is -1.58. The molecule has 5 atom stereocenters. The van der Waals surface area contributed by atoms with Gasteiger partial charge in [0.1, 0.15) is 13.2 Å². The van der Waals surface area contributed by atoms with E-state index in [1.807, 2.05) is 27.2 Å². The molecule has 0 aliphatic carbocycles. The van der Waals surface area contributed by atoms with Gasteiger partial charge in [-0.05, 0) is 57.8 Å². The first-order valence-electron chi connectivity index (χ1n) is 21.1. The molecule has 0 spiro atoms. The minimum absolute atomic E-state index is 0.0466. The molecular formula is C43H80N2O7P+. The molecule has 1 aliphatic heterocycles. The number of ether oxygens (including phenoxy) is 1. The van der Waals surface area contributed by atoms with Crippen LogP contribution >= 0.6 is 7.82 Å². The number of amides is 1. The molecule has 1 rings (SSSR count). The molecule has 0 saturated carbocycles. The topological polar surface area (TPSA) is 118 Å². The predicted octanol–water partition coefficient (Wildman–Crippen LogP) is 10.3. The predicted molar refractivity (Wildman–Crippen MR) is 221 cm³/mol. The van der Waals surface area contributed by atoms with Gasteiger partial charge >= 0.3 is 7.82 Å². The van der Waals surface area contributed by atoms with Gasteiger partial charge < -0.3 is 24.5 Å². The van der Waals surface area contributed by atoms with E-state index in [2.05, 4.69) is 55.6 Å². The molecule has 1 heterocycles. The molecule has 0 aromatic heterocycles. The number of aliphatic hydroxyl groups is 1. The first kappa shape index (κ1) is 49.4. The lowest BCUT2D eigenvalue weighted by molar-refractivity contribution is -0.870. The Balaban J connectivity index is 2.41. The van der Waals surface area contributed by atoms with Crippen molar-refractivity contribution in [2.24, 2.45) is 0 Å². The second kappa shape index (κ2) is 31.6. The number of allylic oxidation sites excluding steroid dienone is 5. The van der Waals surface area contributed by atoms with Gasteiger partial charge in [0.15, 0.2) is 0 Å². The number of carbonyl (C=O) groups excluding carboxylic acids is 1. The van der Waals surface area contributed by atoms with E-state index in [-0.39, 0.29) is 31.6 Å². The Labute approximate surface area is 324 Å². The standard InChI is InChI=1S/C43H79N2O7P/c1-6-8-10-12-14-16-17-18-19-21-22-24-28-32-40(46)39(38-51-53(48,49)50-37-36-45(3,4)5)44-43(47)35-31-27-26-30-34-42-41(52-42)33-29-25-23-20-15-13-11-9-7-2/h15,20,25-26,28-30,32,39-42,46H,6-14,16-19,21-24,27,31,33-38H2,1-5H3,(H-,44,47,48,49)/p+1/b20-15-,29-25-,30-26-,32-28+/t39-,40+,41?,42?/m0/s1. The molecule has 53 heavy (non-hydrogen) atoms. The zero-order valence-corrected chi connectivity index (χ0v) is 35.3. The van der Waals surface area contributed by atoms with Crippen molar-refractivity contribution in [2.45, 2.75) is 179 Å². The third-order valence-electron chi connectivity index (χ3n) is 9.45. The fourth-order valence-electron chi connectivity index (χ4n) is 5.90. The lowest BCUT2D eigenvalue weighted by Crippen LogP contribution is -2.45. The number of hydrogen-bond acceptors (Lipinski definition) is 6. The maximum atomic E-state index is 12.9. The second-order valence-electron chi connectivity index (χ2n) is 15.8. The number of quaternary nitrogens is 1. The van der Waals surface area contributed by atoms with Crippen molar-refractivity contribution in [2.75, 3.05) is 40.9 Å². The maximum Gasteiger partial charge on any atom is 0.472 e. The molecule has 9 nitrogen and oxygen atoms in total. The van der Waals surface area contributed by atoms with Crippen molar-refractivity contribution in [3.05, 3.63) is 48.6 Å². The van der Waals surface area contributed by atoms with Crippen LogP contribution in [-0.2, 0) is 23.1 Å². The number of likely N-dealkylation sites (N-methyl/N-ethyl adjacent to an activating group) is 1. The average molecular weight is 768 g/mol. The molecule has 0 aromatic rings. The summed E-state index contributed by atoms with van der Waals surface area (Å²) in [7, 11) is 1.52. The number of nitrogens with one attached hydrogen (secondary N) is 1. The fourth-order valence-corrected chi connectivity index (χ4v) is 6.63. The van der Waals surface area contributed by atoms with Gasteiger partial charge in [-0.25, -0.2) is 4.57 Å². The van der Waals surface area contributed by atoms with Crippen molar-refractivity contribution >= 4 is 13.7 Å². The fraction of sp³-hybridized carbons (Fsp3) is 0.791. The number of rotatable bonds is 36. The number of hydrogen-bond donors (Lipinski definition) is 3. The number of phosphoric acid groups is 1. The van der Waals surface area contributed by atoms with Gasteiger partial charge in [-0.15, -0.1) is 0 Å². The lowest BCUT2D eigenvalue weighted by Gasteiger charge is -2.25. The third-order valence-corrected chi connectivity index (χ3v) is 10.4. The van der Waals surface area contributed by atoms with Crippen LogP contribution in [0.1, 0.15) is 155 Å². The van der Waals surface area contributed by atoms with E-state index in [0.29, 0.717) is 23.6 Å². The molecule has 3 N–H and O–H groups in total. The third kappa shape index (κ3) is 31.3. The minimum Gasteiger partial charge on any atom is -0.387 e. The smallest absolute Gasteiger partial charge is 0.387 e. The highest BCUT2D eigenvalue weighted by atomic mass is 31.2. The van der Waals surface area contributed by atoms with Gasteiger partial charge in [-0.3, -0.25) is 13.8 Å². The Kier molecular flexibility index (Phi) is 29.5. The van der Waals surface area contributed by atoms with Crippen LogP contribution in [-0.4, -0.2) is 85.6 Å². The number of epoxide rings is 1. The molecule has 1 saturated heterocycles. The van der Waals surface area contributed by atoms with Gasteiger partial charge in [0.2, 0.25) is 5.91 Å². The van der Waals surface area contributed by atoms with Gasteiger partial charge in [0.25, 0.3) is 0 Å². The number of nitrogens with zero attached hydrogens (tertiary/aromatic N) is 1. The van der Waals surface area contributed by atoms with Crippen molar-refractivity contribution in [1.82, 2.24) is 5.32 Å². The second-order valence-corrected chi connectivity index (χ2v) is 17.2. The van der Waals surface area contributed by atoms with Gasteiger partial charge in [-0.1, -0.05) is 140 Å². The highest BCUT2D eigenvalue weighted by Crippen LogP contribution is 2.43. The summed E-state index contributed by atoms with van der Waals surface area (Å²) in [6.07, 6.45) is 40.6. The van der Waals surface area contributed by atoms with E-state index in [1.165, 1.54) is 83.5 Å². The molecule has 1 fully saturated rings. The monoisotopic (exact) mass is 768 g/mol. The van der Waals surface area contributed by atoms with Crippen LogP contribution in [0.5, 0.6) is 0 Å². The van der Waals surface area contributed by atoms with Crippen molar-refractivity contribution in [3.8, 4) is 0 Å². The highest BCUT2D eigenvalue weighted by Gasteiger charge is 2.36. The zero-order valence-electron chi connectivity index (χ0n) is 34.4. The molecule has 1 aliphatic rings. The van der Waals surface area contributed by atoms with E-state index < -0.39 is 20.0 Å². The summed E-state index contributed by atoms with van der Waals surface area (Å²) >= 11 is 0. The first-order chi connectivity index (χ1) is 25.5. The lowest BCUT2D eigenvalue weighted by atomic mass is 10.0. The highest BCUT2D eigenvalue weighted by molar-refractivity contribution is 7.47. The molecule has 3 unspecified atom stereocenters. The molecular weight excluding hydrogens is 687 g/mol. The van der Waals surface area contributed by atoms with Crippen LogP contribution in [0.3, 0.4) is 0 Å². The number of unbranched alkanes of at least 4 members (excludes halogenated alkanes) is 15. The van der Waals surface area contributed by atoms with Crippen molar-refractivity contribution in [1.29, 1.82) is 0 Å². The van der Waals surface area contributed by atoms with E-state index in [9.17, 15) is 19.4 Å².